The molecule has 0 saturated heterocycles. The summed E-state index contributed by atoms with van der Waals surface area (Å²) >= 11 is 0. The number of aromatic nitrogens is 1. The van der Waals surface area contributed by atoms with E-state index >= 15 is 0 Å². The first-order chi connectivity index (χ1) is 29.6. The van der Waals surface area contributed by atoms with Crippen LogP contribution in [0.15, 0.2) is 206 Å². The third-order valence-electron chi connectivity index (χ3n) is 14.0. The second-order valence-corrected chi connectivity index (χ2v) is 17.2. The Hall–Kier alpha value is -7.42. The lowest BCUT2D eigenvalue weighted by Gasteiger charge is -2.40. The van der Waals surface area contributed by atoms with Gasteiger partial charge in [0, 0.05) is 38.7 Å². The van der Waals surface area contributed by atoms with Gasteiger partial charge < -0.3 is 9.47 Å². The topological polar surface area (TPSA) is 8.17 Å². The average molecular weight is 765 g/mol. The Morgan fingerprint density at radius 1 is 0.367 bits per heavy atom. The van der Waals surface area contributed by atoms with Crippen molar-refractivity contribution in [3.8, 4) is 39.1 Å². The minimum atomic E-state index is -0.517. The lowest BCUT2D eigenvalue weighted by atomic mass is 9.65. The number of para-hydroxylation sites is 5. The van der Waals surface area contributed by atoms with Crippen LogP contribution in [0, 0.1) is 0 Å². The zero-order chi connectivity index (χ0) is 39.7. The molecular weight excluding hydrogens is 725 g/mol. The van der Waals surface area contributed by atoms with E-state index in [1.54, 1.807) is 0 Å². The summed E-state index contributed by atoms with van der Waals surface area (Å²) in [6, 6.07) is 77.2. The van der Waals surface area contributed by atoms with Crippen LogP contribution in [0.3, 0.4) is 0 Å². The predicted molar refractivity (Wildman–Crippen MR) is 249 cm³/mol. The molecule has 1 spiro atoms. The highest BCUT2D eigenvalue weighted by Crippen LogP contribution is 2.62. The Labute approximate surface area is 350 Å². The lowest BCUT2D eigenvalue weighted by molar-refractivity contribution is 0.660. The summed E-state index contributed by atoms with van der Waals surface area (Å²) in [6.07, 6.45) is 0. The van der Waals surface area contributed by atoms with Crippen molar-refractivity contribution < 1.29 is 0 Å². The summed E-state index contributed by atoms with van der Waals surface area (Å²) in [5, 5.41) is 2.55. The van der Waals surface area contributed by atoms with E-state index in [0.29, 0.717) is 0 Å². The maximum Gasteiger partial charge on any atom is 0.0754 e. The lowest BCUT2D eigenvalue weighted by Crippen LogP contribution is -2.33. The second-order valence-electron chi connectivity index (χ2n) is 17.2. The van der Waals surface area contributed by atoms with E-state index in [1.165, 1.54) is 94.3 Å². The molecule has 0 unspecified atom stereocenters. The van der Waals surface area contributed by atoms with Gasteiger partial charge in [-0.05, 0) is 92.0 Å². The van der Waals surface area contributed by atoms with Crippen molar-refractivity contribution in [1.82, 2.24) is 4.57 Å². The fourth-order valence-electron chi connectivity index (χ4n) is 11.6. The molecule has 2 heteroatoms. The van der Waals surface area contributed by atoms with Crippen molar-refractivity contribution in [1.29, 1.82) is 0 Å². The van der Waals surface area contributed by atoms with E-state index in [9.17, 15) is 0 Å². The minimum absolute atomic E-state index is 0.126. The van der Waals surface area contributed by atoms with Gasteiger partial charge in [-0.2, -0.15) is 0 Å². The van der Waals surface area contributed by atoms with Gasteiger partial charge in [-0.25, -0.2) is 0 Å². The molecule has 60 heavy (non-hydrogen) atoms. The third-order valence-corrected chi connectivity index (χ3v) is 14.0. The van der Waals surface area contributed by atoms with Crippen LogP contribution >= 0.6 is 0 Å². The van der Waals surface area contributed by atoms with Crippen molar-refractivity contribution in [2.45, 2.75) is 24.7 Å². The fraction of sp³-hybridized carbons (Fsp3) is 0.0690. The molecule has 0 bridgehead atoms. The summed E-state index contributed by atoms with van der Waals surface area (Å²) in [5.74, 6) is 0. The average Bonchev–Trinajstić information content (AvgIpc) is 3.88. The fourth-order valence-corrected chi connectivity index (χ4v) is 11.6. The molecule has 1 aromatic heterocycles. The maximum atomic E-state index is 2.60. The van der Waals surface area contributed by atoms with Gasteiger partial charge in [0.25, 0.3) is 0 Å². The first kappa shape index (κ1) is 33.5. The monoisotopic (exact) mass is 764 g/mol. The zero-order valence-electron chi connectivity index (χ0n) is 33.5. The summed E-state index contributed by atoms with van der Waals surface area (Å²) in [5.41, 5.74) is 22.2. The number of benzene rings is 9. The number of rotatable bonds is 4. The van der Waals surface area contributed by atoms with Crippen molar-refractivity contribution >= 4 is 38.9 Å². The van der Waals surface area contributed by atoms with Gasteiger partial charge in [0.05, 0.1) is 27.8 Å². The standard InChI is InChI=1S/C58H40N2/c1-57(2)47-27-11-6-20-39(47)42-35-34-38(36-52(42)57)59(37-18-4-3-5-19-37)53-32-14-9-23-43(53)45-25-16-30-50-55(45)60-54-33-15-10-24-44(54)46-26-17-31-51(56(46)60)58(50)48-28-12-7-21-40(48)41-22-8-13-29-49(41)58/h3-36H,1-2H3. The van der Waals surface area contributed by atoms with Crippen LogP contribution in [0.2, 0.25) is 0 Å². The Kier molecular flexibility index (Phi) is 6.74. The Morgan fingerprint density at radius 2 is 0.900 bits per heavy atom. The molecule has 2 heterocycles. The summed E-state index contributed by atoms with van der Waals surface area (Å²) < 4.78 is 2.60. The SMILES string of the molecule is CC1(C)c2ccccc2-c2ccc(N(c3ccccc3)c3ccccc3-c3cccc4c3-n3c5ccccc5c5cccc(c53)C43c4ccccc4-c4ccccc43)cc21. The van der Waals surface area contributed by atoms with E-state index in [-0.39, 0.29) is 5.41 Å². The molecular formula is C58H40N2. The zero-order valence-corrected chi connectivity index (χ0v) is 33.5. The van der Waals surface area contributed by atoms with Gasteiger partial charge in [-0.15, -0.1) is 0 Å². The molecule has 282 valence electrons. The van der Waals surface area contributed by atoms with Crippen molar-refractivity contribution in [3.63, 3.8) is 0 Å². The van der Waals surface area contributed by atoms with Gasteiger partial charge >= 0.3 is 0 Å². The molecule has 0 atom stereocenters. The Morgan fingerprint density at radius 3 is 1.67 bits per heavy atom. The first-order valence-corrected chi connectivity index (χ1v) is 21.1. The second kappa shape index (κ2) is 12.1. The van der Waals surface area contributed by atoms with Crippen LogP contribution < -0.4 is 4.90 Å². The van der Waals surface area contributed by atoms with Crippen molar-refractivity contribution in [3.05, 3.63) is 240 Å². The first-order valence-electron chi connectivity index (χ1n) is 21.1. The van der Waals surface area contributed by atoms with Crippen molar-refractivity contribution in [2.24, 2.45) is 0 Å². The van der Waals surface area contributed by atoms with Crippen LogP contribution in [0.25, 0.3) is 60.9 Å². The van der Waals surface area contributed by atoms with Gasteiger partial charge in [-0.3, -0.25) is 0 Å². The third kappa shape index (κ3) is 4.17. The molecule has 2 aliphatic carbocycles. The summed E-state index contributed by atoms with van der Waals surface area (Å²) in [6.45, 7) is 4.74. The number of hydrogen-bond donors (Lipinski definition) is 0. The Bertz CT molecular complexity index is 3370. The van der Waals surface area contributed by atoms with Gasteiger partial charge in [-0.1, -0.05) is 184 Å². The molecule has 0 fully saturated rings. The normalized spacial score (nSPS) is 14.4. The molecule has 3 aliphatic rings. The highest BCUT2D eigenvalue weighted by molar-refractivity contribution is 6.14. The number of hydrogen-bond acceptors (Lipinski definition) is 1. The summed E-state index contributed by atoms with van der Waals surface area (Å²) in [4.78, 5) is 2.48. The molecule has 13 rings (SSSR count). The molecule has 0 N–H and O–H groups in total. The van der Waals surface area contributed by atoms with Gasteiger partial charge in [0.15, 0.2) is 0 Å². The van der Waals surface area contributed by atoms with E-state index in [4.69, 9.17) is 0 Å². The van der Waals surface area contributed by atoms with E-state index in [2.05, 4.69) is 230 Å². The minimum Gasteiger partial charge on any atom is -0.310 e. The van der Waals surface area contributed by atoms with Crippen LogP contribution in [-0.2, 0) is 10.8 Å². The molecule has 0 saturated carbocycles. The summed E-state index contributed by atoms with van der Waals surface area (Å²) in [7, 11) is 0. The van der Waals surface area contributed by atoms with Crippen LogP contribution in [0.4, 0.5) is 17.1 Å². The molecule has 10 aromatic rings. The highest BCUT2D eigenvalue weighted by Gasteiger charge is 2.51. The number of anilines is 3. The van der Waals surface area contributed by atoms with Crippen molar-refractivity contribution in [2.75, 3.05) is 4.90 Å². The van der Waals surface area contributed by atoms with Crippen LogP contribution in [0.5, 0.6) is 0 Å². The Balaban J connectivity index is 1.13. The van der Waals surface area contributed by atoms with E-state index < -0.39 is 5.41 Å². The number of fused-ring (bicyclic) bond motifs is 15. The van der Waals surface area contributed by atoms with E-state index in [1.807, 2.05) is 0 Å². The maximum absolute atomic E-state index is 2.60. The quantitative estimate of drug-likeness (QED) is 0.173. The highest BCUT2D eigenvalue weighted by atomic mass is 15.1. The largest absolute Gasteiger partial charge is 0.310 e. The smallest absolute Gasteiger partial charge is 0.0754 e. The molecule has 2 nitrogen and oxygen atoms in total. The molecule has 9 aromatic carbocycles. The van der Waals surface area contributed by atoms with E-state index in [0.717, 1.165) is 17.1 Å². The van der Waals surface area contributed by atoms with Crippen LogP contribution in [-0.4, -0.2) is 4.57 Å². The number of nitrogens with zero attached hydrogens (tertiary/aromatic N) is 2. The van der Waals surface area contributed by atoms with Gasteiger partial charge in [0.2, 0.25) is 0 Å². The van der Waals surface area contributed by atoms with Gasteiger partial charge in [0.1, 0.15) is 0 Å². The molecule has 0 radical (unpaired) electrons. The molecule has 1 aliphatic heterocycles. The van der Waals surface area contributed by atoms with Crippen LogP contribution in [0.1, 0.15) is 47.2 Å². The predicted octanol–water partition coefficient (Wildman–Crippen LogP) is 14.9. The molecule has 0 amide bonds.